The maximum atomic E-state index is 5.53. The molecule has 0 aliphatic heterocycles. The van der Waals surface area contributed by atoms with E-state index in [0.29, 0.717) is 5.88 Å². The van der Waals surface area contributed by atoms with Crippen molar-refractivity contribution in [1.82, 2.24) is 4.90 Å². The Morgan fingerprint density at radius 3 is 1.54 bits per heavy atom. The van der Waals surface area contributed by atoms with Crippen LogP contribution in [-0.2, 0) is 5.88 Å². The van der Waals surface area contributed by atoms with Gasteiger partial charge in [-0.2, -0.15) is 0 Å². The molecule has 0 heterocycles. The van der Waals surface area contributed by atoms with Gasteiger partial charge in [-0.25, -0.2) is 0 Å². The minimum atomic E-state index is 0.612. The number of hydrogen-bond acceptors (Lipinski definition) is 1. The molecule has 0 saturated heterocycles. The first-order chi connectivity index (χ1) is 11.7. The van der Waals surface area contributed by atoms with E-state index in [4.69, 9.17) is 11.6 Å². The van der Waals surface area contributed by atoms with Crippen LogP contribution in [0.15, 0.2) is 30.3 Å². The first-order valence-corrected chi connectivity index (χ1v) is 10.5. The third-order valence-corrected chi connectivity index (χ3v) is 4.51. The van der Waals surface area contributed by atoms with E-state index in [-0.39, 0.29) is 0 Å². The molecule has 0 spiro atoms. The van der Waals surface area contributed by atoms with E-state index in [9.17, 15) is 0 Å². The van der Waals surface area contributed by atoms with Crippen LogP contribution in [0.5, 0.6) is 0 Å². The fourth-order valence-corrected chi connectivity index (χ4v) is 2.84. The zero-order valence-electron chi connectivity index (χ0n) is 16.4. The molecule has 0 amide bonds. The summed E-state index contributed by atoms with van der Waals surface area (Å²) in [6.07, 6.45) is 15.8. The molecule has 0 saturated carbocycles. The fraction of sp³-hybridized carbons (Fsp3) is 0.727. The van der Waals surface area contributed by atoms with E-state index in [1.807, 2.05) is 30.3 Å². The standard InChI is InChI=1S/C15H33N.C7H7Cl/c1-4-5-6-7-8-9-10-11-12-13-14-15-16(2)3;8-6-7-4-2-1-3-5-7/h4-15H2,1-3H3;1-5H,6H2. The van der Waals surface area contributed by atoms with Crippen molar-refractivity contribution in [2.45, 2.75) is 83.4 Å². The van der Waals surface area contributed by atoms with Crippen molar-refractivity contribution in [2.24, 2.45) is 0 Å². The van der Waals surface area contributed by atoms with Gasteiger partial charge in [-0.3, -0.25) is 0 Å². The predicted molar refractivity (Wildman–Crippen MR) is 111 cm³/mol. The van der Waals surface area contributed by atoms with Crippen LogP contribution in [0, 0.1) is 0 Å². The average molecular weight is 354 g/mol. The second-order valence-corrected chi connectivity index (χ2v) is 7.23. The monoisotopic (exact) mass is 353 g/mol. The van der Waals surface area contributed by atoms with Crippen LogP contribution in [0.2, 0.25) is 0 Å². The molecule has 0 aromatic heterocycles. The molecule has 1 aromatic carbocycles. The van der Waals surface area contributed by atoms with Crippen molar-refractivity contribution in [3.05, 3.63) is 35.9 Å². The lowest BCUT2D eigenvalue weighted by Gasteiger charge is -2.08. The number of benzene rings is 1. The highest BCUT2D eigenvalue weighted by molar-refractivity contribution is 6.17. The summed E-state index contributed by atoms with van der Waals surface area (Å²) < 4.78 is 0. The van der Waals surface area contributed by atoms with Gasteiger partial charge in [0, 0.05) is 5.88 Å². The number of unbranched alkanes of at least 4 members (excludes halogenated alkanes) is 10. The van der Waals surface area contributed by atoms with Crippen molar-refractivity contribution in [1.29, 1.82) is 0 Å². The van der Waals surface area contributed by atoms with Gasteiger partial charge in [0.25, 0.3) is 0 Å². The molecule has 0 fully saturated rings. The summed E-state index contributed by atoms with van der Waals surface area (Å²) >= 11 is 5.53. The minimum absolute atomic E-state index is 0.612. The first-order valence-electron chi connectivity index (χ1n) is 9.95. The van der Waals surface area contributed by atoms with Crippen molar-refractivity contribution >= 4 is 11.6 Å². The Bertz CT molecular complexity index is 337. The van der Waals surface area contributed by atoms with Crippen LogP contribution in [0.4, 0.5) is 0 Å². The molecule has 0 bridgehead atoms. The summed E-state index contributed by atoms with van der Waals surface area (Å²) in [5.74, 6) is 0.612. The highest BCUT2D eigenvalue weighted by atomic mass is 35.5. The second kappa shape index (κ2) is 18.8. The Hall–Kier alpha value is -0.530. The predicted octanol–water partition coefficient (Wildman–Crippen LogP) is 7.28. The quantitative estimate of drug-likeness (QED) is 0.266. The SMILES string of the molecule is CCCCCCCCCCCCCN(C)C.ClCc1ccccc1. The third kappa shape index (κ3) is 17.8. The zero-order valence-corrected chi connectivity index (χ0v) is 17.2. The molecule has 0 atom stereocenters. The van der Waals surface area contributed by atoms with Gasteiger partial charge in [-0.05, 0) is 32.6 Å². The summed E-state index contributed by atoms with van der Waals surface area (Å²) in [5, 5.41) is 0. The lowest BCUT2D eigenvalue weighted by atomic mass is 10.1. The normalized spacial score (nSPS) is 10.5. The van der Waals surface area contributed by atoms with Gasteiger partial charge < -0.3 is 4.90 Å². The molecular weight excluding hydrogens is 314 g/mol. The largest absolute Gasteiger partial charge is 0.309 e. The molecule has 0 radical (unpaired) electrons. The molecule has 140 valence electrons. The van der Waals surface area contributed by atoms with E-state index >= 15 is 0 Å². The Labute approximate surface area is 156 Å². The minimum Gasteiger partial charge on any atom is -0.309 e. The van der Waals surface area contributed by atoms with Gasteiger partial charge in [-0.15, -0.1) is 11.6 Å². The van der Waals surface area contributed by atoms with E-state index in [1.54, 1.807) is 0 Å². The van der Waals surface area contributed by atoms with Crippen LogP contribution < -0.4 is 0 Å². The number of rotatable bonds is 13. The molecule has 24 heavy (non-hydrogen) atoms. The van der Waals surface area contributed by atoms with Gasteiger partial charge in [0.15, 0.2) is 0 Å². The van der Waals surface area contributed by atoms with Crippen molar-refractivity contribution in [3.63, 3.8) is 0 Å². The lowest BCUT2D eigenvalue weighted by Crippen LogP contribution is -2.12. The molecule has 0 unspecified atom stereocenters. The van der Waals surface area contributed by atoms with Crippen LogP contribution in [0.1, 0.15) is 83.1 Å². The van der Waals surface area contributed by atoms with Crippen molar-refractivity contribution in [2.75, 3.05) is 20.6 Å². The summed E-state index contributed by atoms with van der Waals surface area (Å²) in [5.41, 5.74) is 1.18. The molecule has 1 nitrogen and oxygen atoms in total. The summed E-state index contributed by atoms with van der Waals surface area (Å²) in [6, 6.07) is 9.96. The van der Waals surface area contributed by atoms with Crippen molar-refractivity contribution in [3.8, 4) is 0 Å². The Kier molecular flexibility index (Phi) is 18.4. The van der Waals surface area contributed by atoms with Crippen molar-refractivity contribution < 1.29 is 0 Å². The number of halogens is 1. The highest BCUT2D eigenvalue weighted by Crippen LogP contribution is 2.11. The van der Waals surface area contributed by atoms with E-state index < -0.39 is 0 Å². The smallest absolute Gasteiger partial charge is 0.0474 e. The van der Waals surface area contributed by atoms with Crippen LogP contribution >= 0.6 is 11.6 Å². The fourth-order valence-electron chi connectivity index (χ4n) is 2.66. The first kappa shape index (κ1) is 23.5. The Balaban J connectivity index is 0.000000546. The highest BCUT2D eigenvalue weighted by Gasteiger charge is 1.93. The molecule has 1 aromatic rings. The summed E-state index contributed by atoms with van der Waals surface area (Å²) in [7, 11) is 4.33. The molecule has 1 rings (SSSR count). The summed E-state index contributed by atoms with van der Waals surface area (Å²) in [6.45, 7) is 3.55. The topological polar surface area (TPSA) is 3.24 Å². The van der Waals surface area contributed by atoms with E-state index in [1.165, 1.54) is 82.7 Å². The average Bonchev–Trinajstić information content (AvgIpc) is 2.60. The Morgan fingerprint density at radius 1 is 0.708 bits per heavy atom. The molecule has 0 aliphatic carbocycles. The number of nitrogens with zero attached hydrogens (tertiary/aromatic N) is 1. The lowest BCUT2D eigenvalue weighted by molar-refractivity contribution is 0.389. The van der Waals surface area contributed by atoms with E-state index in [0.717, 1.165) is 0 Å². The molecule has 0 N–H and O–H groups in total. The summed E-state index contributed by atoms with van der Waals surface area (Å²) in [4.78, 5) is 2.29. The Morgan fingerprint density at radius 2 is 1.17 bits per heavy atom. The van der Waals surface area contributed by atoms with Crippen LogP contribution in [0.25, 0.3) is 0 Å². The van der Waals surface area contributed by atoms with Crippen LogP contribution in [-0.4, -0.2) is 25.5 Å². The molecular formula is C22H40ClN. The molecule has 0 aliphatic rings. The van der Waals surface area contributed by atoms with E-state index in [2.05, 4.69) is 25.9 Å². The van der Waals surface area contributed by atoms with Crippen LogP contribution in [0.3, 0.4) is 0 Å². The number of alkyl halides is 1. The maximum Gasteiger partial charge on any atom is 0.0474 e. The van der Waals surface area contributed by atoms with Gasteiger partial charge in [0.1, 0.15) is 0 Å². The zero-order chi connectivity index (χ0) is 17.9. The second-order valence-electron chi connectivity index (χ2n) is 6.96. The third-order valence-electron chi connectivity index (χ3n) is 4.21. The van der Waals surface area contributed by atoms with Gasteiger partial charge in [0.2, 0.25) is 0 Å². The van der Waals surface area contributed by atoms with Gasteiger partial charge in [-0.1, -0.05) is 101 Å². The van der Waals surface area contributed by atoms with Gasteiger partial charge in [0.05, 0.1) is 0 Å². The maximum absolute atomic E-state index is 5.53. The number of hydrogen-bond donors (Lipinski definition) is 0. The molecule has 2 heteroatoms. The van der Waals surface area contributed by atoms with Gasteiger partial charge >= 0.3 is 0 Å².